The molecule has 200 valence electrons. The lowest BCUT2D eigenvalue weighted by Gasteiger charge is -2.49. The smallest absolute Gasteiger partial charge is 0.173 e. The summed E-state index contributed by atoms with van der Waals surface area (Å²) in [5.74, 6) is 0.689. The zero-order chi connectivity index (χ0) is 25.4. The molecule has 2 aliphatic heterocycles. The Morgan fingerprint density at radius 3 is 2.26 bits per heavy atom. The van der Waals surface area contributed by atoms with E-state index < -0.39 is 0 Å². The van der Waals surface area contributed by atoms with Crippen molar-refractivity contribution in [3.05, 3.63) is 35.9 Å². The maximum absolute atomic E-state index is 6.67. The molecular formula is C29H49NO5. The van der Waals surface area contributed by atoms with Crippen molar-refractivity contribution in [2.45, 2.75) is 110 Å². The Morgan fingerprint density at radius 1 is 0.857 bits per heavy atom. The van der Waals surface area contributed by atoms with E-state index >= 15 is 0 Å². The molecule has 0 spiro atoms. The highest BCUT2D eigenvalue weighted by Crippen LogP contribution is 2.37. The van der Waals surface area contributed by atoms with Crippen LogP contribution < -0.4 is 5.32 Å². The predicted molar refractivity (Wildman–Crippen MR) is 139 cm³/mol. The monoisotopic (exact) mass is 491 g/mol. The third kappa shape index (κ3) is 7.27. The summed E-state index contributed by atoms with van der Waals surface area (Å²) >= 11 is 0. The fourth-order valence-corrected chi connectivity index (χ4v) is 5.76. The fourth-order valence-electron chi connectivity index (χ4n) is 5.76. The van der Waals surface area contributed by atoms with Crippen molar-refractivity contribution in [2.75, 3.05) is 20.8 Å². The fraction of sp³-hybridized carbons (Fsp3) is 0.793. The van der Waals surface area contributed by atoms with Crippen LogP contribution in [0.15, 0.2) is 30.3 Å². The van der Waals surface area contributed by atoms with Crippen LogP contribution in [0, 0.1) is 17.8 Å². The summed E-state index contributed by atoms with van der Waals surface area (Å²) in [5, 5.41) is 3.44. The molecule has 0 aromatic heterocycles. The minimum atomic E-state index is -0.309. The molecule has 0 amide bonds. The molecule has 3 rings (SSSR count). The van der Waals surface area contributed by atoms with Crippen molar-refractivity contribution >= 4 is 0 Å². The number of hydrogen-bond acceptors (Lipinski definition) is 6. The van der Waals surface area contributed by atoms with E-state index in [9.17, 15) is 0 Å². The summed E-state index contributed by atoms with van der Waals surface area (Å²) in [6, 6.07) is 10.7. The number of nitrogens with one attached hydrogen (secondary N) is 1. The lowest BCUT2D eigenvalue weighted by atomic mass is 9.85. The lowest BCUT2D eigenvalue weighted by molar-refractivity contribution is -0.322. The Kier molecular flexibility index (Phi) is 11.5. The molecule has 6 heteroatoms. The van der Waals surface area contributed by atoms with E-state index in [1.165, 1.54) is 12.0 Å². The Balaban J connectivity index is 1.52. The number of unbranched alkanes of at least 4 members (excludes halogenated alkanes) is 2. The van der Waals surface area contributed by atoms with Crippen LogP contribution in [0.1, 0.15) is 65.9 Å². The normalized spacial score (nSPS) is 37.9. The molecule has 6 nitrogen and oxygen atoms in total. The van der Waals surface area contributed by atoms with E-state index in [4.69, 9.17) is 23.7 Å². The van der Waals surface area contributed by atoms with Gasteiger partial charge in [-0.05, 0) is 45.2 Å². The maximum Gasteiger partial charge on any atom is 0.173 e. The molecule has 1 aromatic carbocycles. The maximum atomic E-state index is 6.67. The third-order valence-corrected chi connectivity index (χ3v) is 8.14. The molecule has 35 heavy (non-hydrogen) atoms. The second-order valence-electron chi connectivity index (χ2n) is 10.5. The van der Waals surface area contributed by atoms with E-state index in [2.05, 4.69) is 70.3 Å². The van der Waals surface area contributed by atoms with Gasteiger partial charge in [-0.15, -0.1) is 0 Å². The summed E-state index contributed by atoms with van der Waals surface area (Å²) in [6.07, 6.45) is 4.85. The van der Waals surface area contributed by atoms with Crippen molar-refractivity contribution in [3.8, 4) is 0 Å². The zero-order valence-corrected chi connectivity index (χ0v) is 22.9. The number of likely N-dealkylation sites (N-methyl/N-ethyl adjacent to an activating group) is 1. The van der Waals surface area contributed by atoms with Gasteiger partial charge in [-0.1, -0.05) is 64.4 Å². The molecule has 1 aromatic rings. The van der Waals surface area contributed by atoms with Crippen molar-refractivity contribution in [3.63, 3.8) is 0 Å². The van der Waals surface area contributed by atoms with Crippen molar-refractivity contribution < 1.29 is 23.7 Å². The molecule has 0 saturated carbocycles. The SMILES string of the molecule is CCC1O[C@@H](OCCCCCc2ccccc2)C(NC)[C@@H](C)[C@@H]1O[C@@H]1OC(C)[C@@H](C)C(OC)[C@@H]1C. The molecule has 0 bridgehead atoms. The van der Waals surface area contributed by atoms with Gasteiger partial charge in [-0.25, -0.2) is 0 Å². The number of rotatable bonds is 12. The van der Waals surface area contributed by atoms with Crippen LogP contribution >= 0.6 is 0 Å². The van der Waals surface area contributed by atoms with Crippen LogP contribution in [0.3, 0.4) is 0 Å². The largest absolute Gasteiger partial charge is 0.381 e. The van der Waals surface area contributed by atoms with Crippen molar-refractivity contribution in [1.29, 1.82) is 0 Å². The molecule has 1 N–H and O–H groups in total. The standard InChI is InChI=1S/C29H49NO5/c1-8-24-27(35-28-21(4)26(31-7)19(2)22(5)33-28)20(3)25(30-6)29(34-24)32-18-14-10-13-17-23-15-11-9-12-16-23/h9,11-12,15-16,19-22,24-30H,8,10,13-14,17-18H2,1-7H3/t19-,20-,21+,22?,24?,25?,26?,27+,28+,29-/m1/s1. The van der Waals surface area contributed by atoms with Crippen molar-refractivity contribution in [2.24, 2.45) is 17.8 Å². The quantitative estimate of drug-likeness (QED) is 0.406. The molecule has 2 saturated heterocycles. The van der Waals surface area contributed by atoms with Gasteiger partial charge in [0.15, 0.2) is 12.6 Å². The van der Waals surface area contributed by atoms with E-state index in [1.54, 1.807) is 7.11 Å². The second-order valence-corrected chi connectivity index (χ2v) is 10.5. The minimum absolute atomic E-state index is 0.0378. The number of methoxy groups -OCH3 is 1. The average molecular weight is 492 g/mol. The summed E-state index contributed by atoms with van der Waals surface area (Å²) in [4.78, 5) is 0. The molecule has 2 aliphatic rings. The van der Waals surface area contributed by atoms with Gasteiger partial charge in [0.05, 0.1) is 30.5 Å². The number of aryl methyl sites for hydroxylation is 1. The first-order valence-electron chi connectivity index (χ1n) is 13.7. The van der Waals surface area contributed by atoms with Gasteiger partial charge in [-0.3, -0.25) is 0 Å². The van der Waals surface area contributed by atoms with E-state index in [1.807, 2.05) is 7.05 Å². The Labute approximate surface area is 213 Å². The van der Waals surface area contributed by atoms with Gasteiger partial charge in [0.2, 0.25) is 0 Å². The first-order chi connectivity index (χ1) is 16.9. The Bertz CT molecular complexity index is 718. The van der Waals surface area contributed by atoms with Crippen LogP contribution in [0.25, 0.3) is 0 Å². The summed E-state index contributed by atoms with van der Waals surface area (Å²) in [5.41, 5.74) is 1.40. The highest BCUT2D eigenvalue weighted by atomic mass is 16.7. The Morgan fingerprint density at radius 2 is 1.60 bits per heavy atom. The number of ether oxygens (including phenoxy) is 5. The molecular weight excluding hydrogens is 442 g/mol. The van der Waals surface area contributed by atoms with Gasteiger partial charge in [0.25, 0.3) is 0 Å². The minimum Gasteiger partial charge on any atom is -0.381 e. The first kappa shape index (κ1) is 28.5. The zero-order valence-electron chi connectivity index (χ0n) is 22.9. The predicted octanol–water partition coefficient (Wildman–Crippen LogP) is 5.19. The van der Waals surface area contributed by atoms with Crippen LogP contribution in [-0.2, 0) is 30.1 Å². The average Bonchev–Trinajstić information content (AvgIpc) is 2.86. The van der Waals surface area contributed by atoms with E-state index in [-0.39, 0.29) is 54.9 Å². The van der Waals surface area contributed by atoms with E-state index in [0.717, 1.165) is 25.7 Å². The Hall–Kier alpha value is -1.02. The van der Waals surface area contributed by atoms with Gasteiger partial charge in [0, 0.05) is 31.5 Å². The highest BCUT2D eigenvalue weighted by Gasteiger charge is 2.47. The summed E-state index contributed by atoms with van der Waals surface area (Å²) < 4.78 is 31.5. The topological polar surface area (TPSA) is 58.2 Å². The van der Waals surface area contributed by atoms with E-state index in [0.29, 0.717) is 12.5 Å². The van der Waals surface area contributed by atoms with Gasteiger partial charge >= 0.3 is 0 Å². The number of hydrogen-bond donors (Lipinski definition) is 1. The lowest BCUT2D eigenvalue weighted by Crippen LogP contribution is -2.61. The van der Waals surface area contributed by atoms with Gasteiger partial charge in [0.1, 0.15) is 0 Å². The van der Waals surface area contributed by atoms with Crippen molar-refractivity contribution in [1.82, 2.24) is 5.32 Å². The molecule has 0 radical (unpaired) electrons. The molecule has 4 unspecified atom stereocenters. The molecule has 2 fully saturated rings. The number of benzene rings is 1. The van der Waals surface area contributed by atoms with Crippen LogP contribution in [0.4, 0.5) is 0 Å². The van der Waals surface area contributed by atoms with Gasteiger partial charge in [-0.2, -0.15) is 0 Å². The summed E-state index contributed by atoms with van der Waals surface area (Å²) in [7, 11) is 3.77. The molecule has 0 aliphatic carbocycles. The first-order valence-corrected chi connectivity index (χ1v) is 13.7. The van der Waals surface area contributed by atoms with Crippen LogP contribution in [0.5, 0.6) is 0 Å². The molecule has 10 atom stereocenters. The summed E-state index contributed by atoms with van der Waals surface area (Å²) in [6.45, 7) is 11.6. The highest BCUT2D eigenvalue weighted by molar-refractivity contribution is 5.14. The molecule has 2 heterocycles. The third-order valence-electron chi connectivity index (χ3n) is 8.14. The van der Waals surface area contributed by atoms with Crippen LogP contribution in [-0.4, -0.2) is 63.8 Å². The van der Waals surface area contributed by atoms with Gasteiger partial charge < -0.3 is 29.0 Å². The van der Waals surface area contributed by atoms with Crippen LogP contribution in [0.2, 0.25) is 0 Å². The second kappa shape index (κ2) is 14.1.